The van der Waals surface area contributed by atoms with Crippen molar-refractivity contribution in [3.63, 3.8) is 0 Å². The van der Waals surface area contributed by atoms with Gasteiger partial charge < -0.3 is 14.3 Å². The molecule has 0 spiro atoms. The van der Waals surface area contributed by atoms with E-state index < -0.39 is 0 Å². The first-order valence-corrected chi connectivity index (χ1v) is 6.01. The van der Waals surface area contributed by atoms with Crippen LogP contribution in [0.1, 0.15) is 25.8 Å². The summed E-state index contributed by atoms with van der Waals surface area (Å²) in [6.07, 6.45) is 2.80. The molecule has 0 aliphatic carbocycles. The van der Waals surface area contributed by atoms with Crippen LogP contribution in [0.2, 0.25) is 0 Å². The number of hydrogen-bond donors (Lipinski definition) is 0. The molecule has 0 fully saturated rings. The van der Waals surface area contributed by atoms with Gasteiger partial charge in [-0.25, -0.2) is 0 Å². The van der Waals surface area contributed by atoms with Crippen LogP contribution in [0, 0.1) is 0 Å². The zero-order valence-corrected chi connectivity index (χ0v) is 11.4. The summed E-state index contributed by atoms with van der Waals surface area (Å²) >= 11 is 0. The van der Waals surface area contributed by atoms with Crippen molar-refractivity contribution in [3.8, 4) is 5.75 Å². The number of benzene rings is 1. The van der Waals surface area contributed by atoms with Gasteiger partial charge in [-0.3, -0.25) is 0 Å². The molecule has 0 saturated carbocycles. The Bertz CT molecular complexity index is 379. The van der Waals surface area contributed by atoms with Crippen LogP contribution in [0.4, 0.5) is 0 Å². The van der Waals surface area contributed by atoms with Crippen molar-refractivity contribution >= 4 is 6.21 Å². The average Bonchev–Trinajstić information content (AvgIpc) is 2.36. The normalized spacial score (nSPS) is 14.4. The molecule has 4 nitrogen and oxygen atoms in total. The minimum atomic E-state index is 0.106. The summed E-state index contributed by atoms with van der Waals surface area (Å²) in [5, 5.41) is 3.72. The van der Waals surface area contributed by atoms with Gasteiger partial charge in [-0.2, -0.15) is 0 Å². The van der Waals surface area contributed by atoms with Crippen molar-refractivity contribution in [1.29, 1.82) is 0 Å². The van der Waals surface area contributed by atoms with Crippen molar-refractivity contribution in [2.75, 3.05) is 14.2 Å². The van der Waals surface area contributed by atoms with Crippen molar-refractivity contribution in [1.82, 2.24) is 0 Å². The van der Waals surface area contributed by atoms with Gasteiger partial charge in [0.2, 0.25) is 0 Å². The van der Waals surface area contributed by atoms with Gasteiger partial charge in [0.25, 0.3) is 0 Å². The SMILES string of the molecule is CO/N=C/c1cccc(OC(C)CC(C)OC)c1. The number of hydrogen-bond acceptors (Lipinski definition) is 4. The van der Waals surface area contributed by atoms with E-state index in [0.717, 1.165) is 17.7 Å². The van der Waals surface area contributed by atoms with Crippen molar-refractivity contribution in [2.45, 2.75) is 32.5 Å². The molecule has 2 atom stereocenters. The van der Waals surface area contributed by atoms with E-state index in [1.807, 2.05) is 38.1 Å². The zero-order valence-electron chi connectivity index (χ0n) is 11.4. The van der Waals surface area contributed by atoms with Crippen LogP contribution in [0.5, 0.6) is 5.75 Å². The second-order valence-electron chi connectivity index (χ2n) is 4.20. The highest BCUT2D eigenvalue weighted by Crippen LogP contribution is 2.16. The van der Waals surface area contributed by atoms with Crippen molar-refractivity contribution in [2.24, 2.45) is 5.16 Å². The first-order valence-electron chi connectivity index (χ1n) is 6.01. The highest BCUT2D eigenvalue weighted by molar-refractivity contribution is 5.79. The number of ether oxygens (including phenoxy) is 2. The lowest BCUT2D eigenvalue weighted by molar-refractivity contribution is 0.0719. The predicted molar refractivity (Wildman–Crippen MR) is 72.2 cm³/mol. The smallest absolute Gasteiger partial charge is 0.120 e. The molecule has 0 N–H and O–H groups in total. The van der Waals surface area contributed by atoms with E-state index in [9.17, 15) is 0 Å². The number of methoxy groups -OCH3 is 1. The van der Waals surface area contributed by atoms with Crippen molar-refractivity contribution < 1.29 is 14.3 Å². The highest BCUT2D eigenvalue weighted by Gasteiger charge is 2.09. The molecule has 0 radical (unpaired) electrons. The molecule has 0 aliphatic rings. The molecule has 18 heavy (non-hydrogen) atoms. The second kappa shape index (κ2) is 7.71. The fourth-order valence-corrected chi connectivity index (χ4v) is 1.63. The molecule has 100 valence electrons. The van der Waals surface area contributed by atoms with E-state index >= 15 is 0 Å². The molecule has 0 saturated heterocycles. The Balaban J connectivity index is 2.58. The first-order chi connectivity index (χ1) is 8.65. The van der Waals surface area contributed by atoms with Crippen LogP contribution in [0.15, 0.2) is 29.4 Å². The van der Waals surface area contributed by atoms with Gasteiger partial charge in [0, 0.05) is 13.5 Å². The molecule has 0 aliphatic heterocycles. The minimum Gasteiger partial charge on any atom is -0.491 e. The Morgan fingerprint density at radius 2 is 2.00 bits per heavy atom. The van der Waals surface area contributed by atoms with Gasteiger partial charge in [-0.05, 0) is 31.5 Å². The Hall–Kier alpha value is -1.55. The Morgan fingerprint density at radius 1 is 1.22 bits per heavy atom. The van der Waals surface area contributed by atoms with Crippen LogP contribution in [-0.4, -0.2) is 32.6 Å². The fraction of sp³-hybridized carbons (Fsp3) is 0.500. The lowest BCUT2D eigenvalue weighted by Crippen LogP contribution is -2.19. The lowest BCUT2D eigenvalue weighted by Gasteiger charge is -2.18. The van der Waals surface area contributed by atoms with Crippen LogP contribution in [-0.2, 0) is 9.57 Å². The first kappa shape index (κ1) is 14.5. The third kappa shape index (κ3) is 5.19. The van der Waals surface area contributed by atoms with Gasteiger partial charge in [0.1, 0.15) is 12.9 Å². The Kier molecular flexibility index (Phi) is 6.22. The summed E-state index contributed by atoms with van der Waals surface area (Å²) < 4.78 is 11.0. The summed E-state index contributed by atoms with van der Waals surface area (Å²) in [5.41, 5.74) is 0.946. The third-order valence-corrected chi connectivity index (χ3v) is 2.57. The molecule has 1 aromatic carbocycles. The minimum absolute atomic E-state index is 0.106. The predicted octanol–water partition coefficient (Wildman–Crippen LogP) is 2.86. The standard InChI is InChI=1S/C14H21NO3/c1-11(16-3)8-12(2)18-14-7-5-6-13(9-14)10-15-17-4/h5-7,9-12H,8H2,1-4H3/b15-10+. The molecule has 1 aromatic rings. The summed E-state index contributed by atoms with van der Waals surface area (Å²) in [6.45, 7) is 4.06. The van der Waals surface area contributed by atoms with E-state index in [-0.39, 0.29) is 12.2 Å². The monoisotopic (exact) mass is 251 g/mol. The van der Waals surface area contributed by atoms with Gasteiger partial charge >= 0.3 is 0 Å². The fourth-order valence-electron chi connectivity index (χ4n) is 1.63. The van der Waals surface area contributed by atoms with E-state index in [4.69, 9.17) is 9.47 Å². The number of nitrogens with zero attached hydrogens (tertiary/aromatic N) is 1. The molecule has 1 rings (SSSR count). The maximum atomic E-state index is 5.82. The van der Waals surface area contributed by atoms with Crippen molar-refractivity contribution in [3.05, 3.63) is 29.8 Å². The molecule has 0 bridgehead atoms. The van der Waals surface area contributed by atoms with Crippen LogP contribution in [0.3, 0.4) is 0 Å². The van der Waals surface area contributed by atoms with Crippen LogP contribution >= 0.6 is 0 Å². The molecule has 4 heteroatoms. The molecule has 0 amide bonds. The Morgan fingerprint density at radius 3 is 2.67 bits per heavy atom. The van der Waals surface area contributed by atoms with Gasteiger partial charge in [0.05, 0.1) is 18.4 Å². The molecular weight excluding hydrogens is 230 g/mol. The number of oxime groups is 1. The van der Waals surface area contributed by atoms with Gasteiger partial charge in [-0.1, -0.05) is 17.3 Å². The summed E-state index contributed by atoms with van der Waals surface area (Å²) in [4.78, 5) is 4.65. The number of rotatable bonds is 7. The largest absolute Gasteiger partial charge is 0.491 e. The van der Waals surface area contributed by atoms with E-state index in [2.05, 4.69) is 9.99 Å². The quantitative estimate of drug-likeness (QED) is 0.552. The maximum Gasteiger partial charge on any atom is 0.120 e. The molecular formula is C14H21NO3. The summed E-state index contributed by atoms with van der Waals surface area (Å²) in [7, 11) is 3.23. The summed E-state index contributed by atoms with van der Waals surface area (Å²) in [6, 6.07) is 7.73. The zero-order chi connectivity index (χ0) is 13.4. The van der Waals surface area contributed by atoms with Gasteiger partial charge in [-0.15, -0.1) is 0 Å². The maximum absolute atomic E-state index is 5.82. The molecule has 2 unspecified atom stereocenters. The highest BCUT2D eigenvalue weighted by atomic mass is 16.6. The summed E-state index contributed by atoms with van der Waals surface area (Å²) in [5.74, 6) is 0.825. The van der Waals surface area contributed by atoms with E-state index in [0.29, 0.717) is 0 Å². The van der Waals surface area contributed by atoms with Crippen LogP contribution < -0.4 is 4.74 Å². The lowest BCUT2D eigenvalue weighted by atomic mass is 10.2. The molecule has 0 aromatic heterocycles. The molecule has 0 heterocycles. The topological polar surface area (TPSA) is 40.0 Å². The van der Waals surface area contributed by atoms with Crippen LogP contribution in [0.25, 0.3) is 0 Å². The van der Waals surface area contributed by atoms with E-state index in [1.165, 1.54) is 7.11 Å². The Labute approximate surface area is 109 Å². The van der Waals surface area contributed by atoms with Gasteiger partial charge in [0.15, 0.2) is 0 Å². The van der Waals surface area contributed by atoms with E-state index in [1.54, 1.807) is 13.3 Å². The third-order valence-electron chi connectivity index (χ3n) is 2.57. The average molecular weight is 251 g/mol. The second-order valence-corrected chi connectivity index (χ2v) is 4.20.